The van der Waals surface area contributed by atoms with Crippen LogP contribution in [0.15, 0.2) is 35.3 Å². The van der Waals surface area contributed by atoms with E-state index in [0.717, 1.165) is 0 Å². The molecular weight excluding hydrogens is 272 g/mol. The Balaban J connectivity index is 2.31. The predicted octanol–water partition coefficient (Wildman–Crippen LogP) is 2.11. The minimum absolute atomic E-state index is 0.176. The number of carbonyl (C=O) groups excluding carboxylic acids is 1. The third kappa shape index (κ3) is 1.94. The second-order valence-corrected chi connectivity index (χ2v) is 4.84. The number of para-hydroxylation sites is 1. The fraction of sp³-hybridized carbons (Fsp3) is 0.214. The van der Waals surface area contributed by atoms with Crippen LogP contribution < -0.4 is 0 Å². The van der Waals surface area contributed by atoms with E-state index in [2.05, 4.69) is 10.1 Å². The third-order valence-electron chi connectivity index (χ3n) is 3.45. The van der Waals surface area contributed by atoms with Crippen molar-refractivity contribution >= 4 is 11.6 Å². The number of amides is 1. The molecule has 2 heterocycles. The van der Waals surface area contributed by atoms with Crippen molar-refractivity contribution in [3.05, 3.63) is 57.4 Å². The predicted molar refractivity (Wildman–Crippen MR) is 75.5 cm³/mol. The van der Waals surface area contributed by atoms with Gasteiger partial charge in [0.25, 0.3) is 11.9 Å². The van der Waals surface area contributed by atoms with Crippen molar-refractivity contribution in [3.8, 4) is 5.69 Å². The number of hydrogen-bond acceptors (Lipinski definition) is 4. The Kier molecular flexibility index (Phi) is 2.90. The highest BCUT2D eigenvalue weighted by Crippen LogP contribution is 2.31. The summed E-state index contributed by atoms with van der Waals surface area (Å²) in [5.74, 6) is -0.472. The maximum Gasteiger partial charge on any atom is 0.293 e. The molecule has 0 bridgehead atoms. The largest absolute Gasteiger partial charge is 0.293 e. The zero-order valence-corrected chi connectivity index (χ0v) is 11.5. The van der Waals surface area contributed by atoms with E-state index in [1.54, 1.807) is 19.1 Å². The van der Waals surface area contributed by atoms with Gasteiger partial charge in [-0.25, -0.2) is 9.67 Å². The van der Waals surface area contributed by atoms with Gasteiger partial charge in [-0.05, 0) is 26.0 Å². The number of nitrogens with zero attached hydrogens (tertiary/aromatic N) is 4. The lowest BCUT2D eigenvalue weighted by Gasteiger charge is -2.16. The van der Waals surface area contributed by atoms with Gasteiger partial charge in [-0.1, -0.05) is 18.2 Å². The van der Waals surface area contributed by atoms with Gasteiger partial charge in [0.1, 0.15) is 5.69 Å². The van der Waals surface area contributed by atoms with Gasteiger partial charge in [0.15, 0.2) is 0 Å². The van der Waals surface area contributed by atoms with Gasteiger partial charge in [-0.2, -0.15) is 5.10 Å². The molecule has 0 N–H and O–H groups in total. The van der Waals surface area contributed by atoms with Crippen molar-refractivity contribution in [2.75, 3.05) is 0 Å². The highest BCUT2D eigenvalue weighted by atomic mass is 16.6. The molecule has 106 valence electrons. The number of rotatable bonds is 2. The Morgan fingerprint density at radius 1 is 1.24 bits per heavy atom. The number of aromatic nitrogens is 2. The normalized spacial score (nSPS) is 17.3. The first kappa shape index (κ1) is 13.2. The van der Waals surface area contributed by atoms with E-state index in [4.69, 9.17) is 0 Å². The number of benzene rings is 1. The Hall–Kier alpha value is -2.83. The van der Waals surface area contributed by atoms with Crippen molar-refractivity contribution in [3.63, 3.8) is 0 Å². The first-order chi connectivity index (χ1) is 10.0. The molecule has 0 fully saturated rings. The topological polar surface area (TPSA) is 90.4 Å². The molecule has 7 heteroatoms. The van der Waals surface area contributed by atoms with Crippen LogP contribution >= 0.6 is 0 Å². The number of nitro groups is 1. The molecule has 1 aromatic heterocycles. The van der Waals surface area contributed by atoms with E-state index in [-0.39, 0.29) is 17.0 Å². The summed E-state index contributed by atoms with van der Waals surface area (Å²) in [7, 11) is 0. The summed E-state index contributed by atoms with van der Waals surface area (Å²) < 4.78 is 1.47. The molecule has 0 spiro atoms. The quantitative estimate of drug-likeness (QED) is 0.624. The molecule has 1 unspecified atom stereocenters. The molecule has 3 rings (SSSR count). The van der Waals surface area contributed by atoms with E-state index in [1.807, 2.05) is 18.2 Å². The number of aliphatic imine (C=N–C) groups is 1. The monoisotopic (exact) mass is 284 g/mol. The molecule has 0 saturated carbocycles. The van der Waals surface area contributed by atoms with Gasteiger partial charge in [0.05, 0.1) is 22.7 Å². The van der Waals surface area contributed by atoms with Gasteiger partial charge in [-0.15, -0.1) is 0 Å². The zero-order chi connectivity index (χ0) is 15.1. The zero-order valence-electron chi connectivity index (χ0n) is 11.5. The fourth-order valence-electron chi connectivity index (χ4n) is 2.56. The van der Waals surface area contributed by atoms with Crippen molar-refractivity contribution in [1.29, 1.82) is 0 Å². The summed E-state index contributed by atoms with van der Waals surface area (Å²) in [5, 5.41) is 15.7. The van der Waals surface area contributed by atoms with Gasteiger partial charge in [-0.3, -0.25) is 14.9 Å². The molecule has 1 aliphatic rings. The summed E-state index contributed by atoms with van der Waals surface area (Å²) >= 11 is 0. The first-order valence-corrected chi connectivity index (χ1v) is 6.38. The van der Waals surface area contributed by atoms with Crippen LogP contribution in [-0.4, -0.2) is 26.3 Å². The second kappa shape index (κ2) is 4.62. The van der Waals surface area contributed by atoms with Gasteiger partial charge < -0.3 is 0 Å². The Labute approximate surface area is 120 Å². The molecule has 2 aromatic rings. The van der Waals surface area contributed by atoms with Crippen LogP contribution in [0, 0.1) is 17.0 Å². The average Bonchev–Trinajstić information content (AvgIpc) is 2.77. The van der Waals surface area contributed by atoms with Crippen molar-refractivity contribution < 1.29 is 9.72 Å². The molecule has 0 aliphatic carbocycles. The Bertz CT molecular complexity index is 777. The first-order valence-electron chi connectivity index (χ1n) is 6.38. The summed E-state index contributed by atoms with van der Waals surface area (Å²) in [6, 6.07) is 7.88. The summed E-state index contributed by atoms with van der Waals surface area (Å²) in [6.45, 7) is 3.15. The van der Waals surface area contributed by atoms with Crippen LogP contribution in [0.4, 0.5) is 0 Å². The number of aryl methyl sites for hydroxylation is 1. The van der Waals surface area contributed by atoms with Crippen molar-refractivity contribution in [2.45, 2.75) is 19.9 Å². The van der Waals surface area contributed by atoms with Crippen LogP contribution in [0.3, 0.4) is 0 Å². The average molecular weight is 284 g/mol. The molecule has 1 amide bonds. The standard InChI is InChI=1S/C14H12N4O3/c1-8-11-13(12(18(20)21)9(2)15-14(11)19)17(16-8)10-6-4-3-5-7-10/h3-7,12H,1-2H3. The molecule has 0 radical (unpaired) electrons. The van der Waals surface area contributed by atoms with Crippen LogP contribution in [0.5, 0.6) is 0 Å². The molecule has 1 aliphatic heterocycles. The number of fused-ring (bicyclic) bond motifs is 1. The molecule has 0 saturated heterocycles. The van der Waals surface area contributed by atoms with Crippen molar-refractivity contribution in [1.82, 2.24) is 9.78 Å². The SMILES string of the molecule is CC1=NC(=O)c2c(C)nn(-c3ccccc3)c2C1[N+](=O)[O-]. The minimum Gasteiger partial charge on any atom is -0.267 e. The maximum absolute atomic E-state index is 12.1. The van der Waals surface area contributed by atoms with Crippen LogP contribution in [0.2, 0.25) is 0 Å². The molecular formula is C14H12N4O3. The molecule has 7 nitrogen and oxygen atoms in total. The van der Waals surface area contributed by atoms with E-state index >= 15 is 0 Å². The summed E-state index contributed by atoms with van der Waals surface area (Å²) in [4.78, 5) is 26.8. The van der Waals surface area contributed by atoms with Crippen molar-refractivity contribution in [2.24, 2.45) is 4.99 Å². The Morgan fingerprint density at radius 3 is 2.52 bits per heavy atom. The lowest BCUT2D eigenvalue weighted by atomic mass is 10.00. The summed E-state index contributed by atoms with van der Waals surface area (Å²) in [5.41, 5.74) is 1.81. The third-order valence-corrected chi connectivity index (χ3v) is 3.45. The Morgan fingerprint density at radius 2 is 1.90 bits per heavy atom. The van der Waals surface area contributed by atoms with Crippen LogP contribution in [0.1, 0.15) is 34.7 Å². The number of carbonyl (C=O) groups is 1. The summed E-state index contributed by atoms with van der Waals surface area (Å²) in [6.07, 6.45) is 0. The smallest absolute Gasteiger partial charge is 0.267 e. The fourth-order valence-corrected chi connectivity index (χ4v) is 2.56. The minimum atomic E-state index is -1.15. The van der Waals surface area contributed by atoms with Gasteiger partial charge in [0.2, 0.25) is 0 Å². The van der Waals surface area contributed by atoms with Gasteiger partial charge >= 0.3 is 0 Å². The second-order valence-electron chi connectivity index (χ2n) is 4.84. The highest BCUT2D eigenvalue weighted by Gasteiger charge is 2.41. The van der Waals surface area contributed by atoms with E-state index in [9.17, 15) is 14.9 Å². The molecule has 1 atom stereocenters. The molecule has 1 aromatic carbocycles. The lowest BCUT2D eigenvalue weighted by Crippen LogP contribution is -2.28. The highest BCUT2D eigenvalue weighted by molar-refractivity contribution is 6.10. The van der Waals surface area contributed by atoms with Crippen LogP contribution in [0.25, 0.3) is 5.69 Å². The van der Waals surface area contributed by atoms with E-state index in [0.29, 0.717) is 11.4 Å². The van der Waals surface area contributed by atoms with Gasteiger partial charge in [0, 0.05) is 4.92 Å². The lowest BCUT2D eigenvalue weighted by molar-refractivity contribution is -0.509. The van der Waals surface area contributed by atoms with E-state index < -0.39 is 16.9 Å². The molecule has 21 heavy (non-hydrogen) atoms. The van der Waals surface area contributed by atoms with E-state index in [1.165, 1.54) is 11.6 Å². The number of hydrogen-bond donors (Lipinski definition) is 0. The maximum atomic E-state index is 12.1. The van der Waals surface area contributed by atoms with Crippen LogP contribution in [-0.2, 0) is 0 Å².